The molecule has 3 N–H and O–H groups in total. The molecule has 0 bridgehead atoms. The van der Waals surface area contributed by atoms with Crippen LogP contribution in [-0.4, -0.2) is 36.2 Å². The van der Waals surface area contributed by atoms with Gasteiger partial charge in [0.1, 0.15) is 0 Å². The standard InChI is InChI=1S/C17H28N2O/c1-17(2,16(18)15-6-4-3-5-7-15)13-19-10-8-14(12-19)9-11-20/h3-7,14,16,20H,8-13,18H2,1-2H3. The quantitative estimate of drug-likeness (QED) is 0.839. The van der Waals surface area contributed by atoms with Gasteiger partial charge in [-0.15, -0.1) is 0 Å². The van der Waals surface area contributed by atoms with E-state index in [1.807, 2.05) is 6.07 Å². The van der Waals surface area contributed by atoms with Gasteiger partial charge in [-0.3, -0.25) is 0 Å². The lowest BCUT2D eigenvalue weighted by Gasteiger charge is -2.35. The van der Waals surface area contributed by atoms with Crippen LogP contribution < -0.4 is 5.73 Å². The molecule has 2 unspecified atom stereocenters. The second-order valence-corrected chi connectivity index (χ2v) is 6.78. The molecule has 1 fully saturated rings. The third kappa shape index (κ3) is 3.81. The average Bonchev–Trinajstić information content (AvgIpc) is 2.86. The summed E-state index contributed by atoms with van der Waals surface area (Å²) in [4.78, 5) is 2.50. The Morgan fingerprint density at radius 1 is 1.35 bits per heavy atom. The summed E-state index contributed by atoms with van der Waals surface area (Å²) < 4.78 is 0. The maximum absolute atomic E-state index is 9.04. The zero-order valence-electron chi connectivity index (χ0n) is 12.8. The minimum atomic E-state index is 0.0510. The van der Waals surface area contributed by atoms with Crippen LogP contribution in [0.25, 0.3) is 0 Å². The van der Waals surface area contributed by atoms with Crippen LogP contribution in [0.15, 0.2) is 30.3 Å². The van der Waals surface area contributed by atoms with Crippen LogP contribution in [0.5, 0.6) is 0 Å². The zero-order chi connectivity index (χ0) is 14.6. The van der Waals surface area contributed by atoms with Gasteiger partial charge in [-0.1, -0.05) is 44.2 Å². The molecule has 2 atom stereocenters. The fourth-order valence-electron chi connectivity index (χ4n) is 3.26. The van der Waals surface area contributed by atoms with Gasteiger partial charge in [0.05, 0.1) is 0 Å². The van der Waals surface area contributed by atoms with Crippen molar-refractivity contribution in [2.24, 2.45) is 17.1 Å². The average molecular weight is 276 g/mol. The normalized spacial score (nSPS) is 22.1. The van der Waals surface area contributed by atoms with Crippen LogP contribution in [0.3, 0.4) is 0 Å². The summed E-state index contributed by atoms with van der Waals surface area (Å²) in [5, 5.41) is 9.04. The first-order valence-electron chi connectivity index (χ1n) is 7.66. The molecule has 1 saturated heterocycles. The van der Waals surface area contributed by atoms with Gasteiger partial charge in [0.2, 0.25) is 0 Å². The molecule has 1 aliphatic heterocycles. The van der Waals surface area contributed by atoms with Crippen LogP contribution >= 0.6 is 0 Å². The summed E-state index contributed by atoms with van der Waals surface area (Å²) in [6.45, 7) is 8.07. The Hall–Kier alpha value is -0.900. The van der Waals surface area contributed by atoms with E-state index in [4.69, 9.17) is 10.8 Å². The molecule has 0 aliphatic carbocycles. The van der Waals surface area contributed by atoms with Gasteiger partial charge in [0.15, 0.2) is 0 Å². The number of aliphatic hydroxyl groups is 1. The number of hydrogen-bond acceptors (Lipinski definition) is 3. The van der Waals surface area contributed by atoms with Crippen molar-refractivity contribution in [3.63, 3.8) is 0 Å². The van der Waals surface area contributed by atoms with Gasteiger partial charge >= 0.3 is 0 Å². The fourth-order valence-corrected chi connectivity index (χ4v) is 3.26. The van der Waals surface area contributed by atoms with Crippen LogP contribution in [-0.2, 0) is 0 Å². The molecule has 20 heavy (non-hydrogen) atoms. The van der Waals surface area contributed by atoms with Crippen LogP contribution in [0, 0.1) is 11.3 Å². The number of likely N-dealkylation sites (tertiary alicyclic amines) is 1. The Morgan fingerprint density at radius 3 is 2.70 bits per heavy atom. The number of aliphatic hydroxyl groups excluding tert-OH is 1. The maximum Gasteiger partial charge on any atom is 0.0434 e. The number of hydrogen-bond donors (Lipinski definition) is 2. The van der Waals surface area contributed by atoms with E-state index < -0.39 is 0 Å². The third-order valence-corrected chi connectivity index (χ3v) is 4.54. The monoisotopic (exact) mass is 276 g/mol. The summed E-state index contributed by atoms with van der Waals surface area (Å²) in [7, 11) is 0. The molecule has 1 aromatic rings. The highest BCUT2D eigenvalue weighted by Crippen LogP contribution is 2.33. The molecule has 1 aliphatic rings. The lowest BCUT2D eigenvalue weighted by atomic mass is 9.80. The van der Waals surface area contributed by atoms with Crippen molar-refractivity contribution < 1.29 is 5.11 Å². The van der Waals surface area contributed by atoms with Gasteiger partial charge in [-0.05, 0) is 36.3 Å². The number of rotatable bonds is 6. The number of benzene rings is 1. The lowest BCUT2D eigenvalue weighted by molar-refractivity contribution is 0.169. The Balaban J connectivity index is 1.94. The van der Waals surface area contributed by atoms with Crippen molar-refractivity contribution >= 4 is 0 Å². The molecule has 0 radical (unpaired) electrons. The van der Waals surface area contributed by atoms with E-state index in [0.717, 1.165) is 26.1 Å². The van der Waals surface area contributed by atoms with E-state index >= 15 is 0 Å². The van der Waals surface area contributed by atoms with Crippen molar-refractivity contribution in [3.8, 4) is 0 Å². The van der Waals surface area contributed by atoms with Crippen LogP contribution in [0.4, 0.5) is 0 Å². The number of nitrogens with zero attached hydrogens (tertiary/aromatic N) is 1. The number of nitrogens with two attached hydrogens (primary N) is 1. The van der Waals surface area contributed by atoms with E-state index in [1.54, 1.807) is 0 Å². The summed E-state index contributed by atoms with van der Waals surface area (Å²) in [6.07, 6.45) is 2.14. The Labute approximate surface area is 122 Å². The minimum absolute atomic E-state index is 0.0510. The molecular weight excluding hydrogens is 248 g/mol. The molecule has 3 heteroatoms. The van der Waals surface area contributed by atoms with E-state index in [9.17, 15) is 0 Å². The highest BCUT2D eigenvalue weighted by Gasteiger charge is 2.32. The Bertz CT molecular complexity index is 405. The molecule has 2 rings (SSSR count). The molecule has 112 valence electrons. The highest BCUT2D eigenvalue weighted by atomic mass is 16.3. The highest BCUT2D eigenvalue weighted by molar-refractivity contribution is 5.20. The van der Waals surface area contributed by atoms with Gasteiger partial charge in [0, 0.05) is 25.7 Å². The SMILES string of the molecule is CC(C)(CN1CCC(CCO)C1)C(N)c1ccccc1. The molecule has 1 aromatic carbocycles. The summed E-state index contributed by atoms with van der Waals surface area (Å²) in [5.74, 6) is 0.656. The predicted molar refractivity (Wildman–Crippen MR) is 83.4 cm³/mol. The first-order valence-corrected chi connectivity index (χ1v) is 7.66. The molecule has 0 saturated carbocycles. The zero-order valence-corrected chi connectivity index (χ0v) is 12.8. The van der Waals surface area contributed by atoms with Crippen molar-refractivity contribution in [2.75, 3.05) is 26.2 Å². The van der Waals surface area contributed by atoms with Crippen molar-refractivity contribution in [2.45, 2.75) is 32.7 Å². The molecular formula is C17H28N2O. The maximum atomic E-state index is 9.04. The van der Waals surface area contributed by atoms with Crippen LogP contribution in [0.1, 0.15) is 38.3 Å². The van der Waals surface area contributed by atoms with Crippen LogP contribution in [0.2, 0.25) is 0 Å². The minimum Gasteiger partial charge on any atom is -0.396 e. The predicted octanol–water partition coefficient (Wildman–Crippen LogP) is 2.42. The second-order valence-electron chi connectivity index (χ2n) is 6.78. The van der Waals surface area contributed by atoms with E-state index in [1.165, 1.54) is 12.0 Å². The smallest absolute Gasteiger partial charge is 0.0434 e. The van der Waals surface area contributed by atoms with Crippen molar-refractivity contribution in [3.05, 3.63) is 35.9 Å². The van der Waals surface area contributed by atoms with Gasteiger partial charge < -0.3 is 15.7 Å². The molecule has 0 aromatic heterocycles. The summed E-state index contributed by atoms with van der Waals surface area (Å²) in [5.41, 5.74) is 7.74. The lowest BCUT2D eigenvalue weighted by Crippen LogP contribution is -2.40. The summed E-state index contributed by atoms with van der Waals surface area (Å²) in [6, 6.07) is 10.4. The topological polar surface area (TPSA) is 49.5 Å². The molecule has 3 nitrogen and oxygen atoms in total. The van der Waals surface area contributed by atoms with Gasteiger partial charge in [-0.2, -0.15) is 0 Å². The Kier molecular flexibility index (Phi) is 5.19. The van der Waals surface area contributed by atoms with Crippen molar-refractivity contribution in [1.82, 2.24) is 4.90 Å². The van der Waals surface area contributed by atoms with Gasteiger partial charge in [-0.25, -0.2) is 0 Å². The molecule has 0 amide bonds. The Morgan fingerprint density at radius 2 is 2.05 bits per heavy atom. The van der Waals surface area contributed by atoms with E-state index in [0.29, 0.717) is 12.5 Å². The third-order valence-electron chi connectivity index (χ3n) is 4.54. The molecule has 0 spiro atoms. The largest absolute Gasteiger partial charge is 0.396 e. The van der Waals surface area contributed by atoms with E-state index in [2.05, 4.69) is 43.0 Å². The summed E-state index contributed by atoms with van der Waals surface area (Å²) >= 11 is 0. The first-order chi connectivity index (χ1) is 9.53. The second kappa shape index (κ2) is 6.70. The van der Waals surface area contributed by atoms with E-state index in [-0.39, 0.29) is 11.5 Å². The molecule has 1 heterocycles. The first kappa shape index (κ1) is 15.5. The van der Waals surface area contributed by atoms with Gasteiger partial charge in [0.25, 0.3) is 0 Å². The fraction of sp³-hybridized carbons (Fsp3) is 0.647. The van der Waals surface area contributed by atoms with Crippen molar-refractivity contribution in [1.29, 1.82) is 0 Å².